The molecule has 5 heteroatoms. The van der Waals surface area contributed by atoms with Crippen molar-refractivity contribution in [1.29, 1.82) is 0 Å². The van der Waals surface area contributed by atoms with Crippen molar-refractivity contribution in [2.45, 2.75) is 45.1 Å². The molecule has 1 amide bonds. The fourth-order valence-corrected chi connectivity index (χ4v) is 3.38. The number of fused-ring (bicyclic) bond motifs is 1. The van der Waals surface area contributed by atoms with Crippen LogP contribution in [0.15, 0.2) is 16.7 Å². The summed E-state index contributed by atoms with van der Waals surface area (Å²) in [4.78, 5) is 18.6. The van der Waals surface area contributed by atoms with E-state index in [0.29, 0.717) is 17.5 Å². The van der Waals surface area contributed by atoms with Crippen molar-refractivity contribution in [3.05, 3.63) is 16.7 Å². The Bertz CT molecular complexity index is 515. The smallest absolute Gasteiger partial charge is 0.269 e. The number of anilines is 1. The second kappa shape index (κ2) is 5.72. The molecule has 0 saturated heterocycles. The van der Waals surface area contributed by atoms with E-state index in [1.165, 1.54) is 32.1 Å². The third-order valence-electron chi connectivity index (χ3n) is 4.14. The van der Waals surface area contributed by atoms with Gasteiger partial charge in [-0.15, -0.1) is 0 Å². The average molecular weight is 339 g/mol. The Morgan fingerprint density at radius 2 is 2.15 bits per heavy atom. The normalized spacial score (nSPS) is 23.4. The van der Waals surface area contributed by atoms with Crippen LogP contribution in [0.5, 0.6) is 5.75 Å². The largest absolute Gasteiger partial charge is 0.477 e. The molecule has 20 heavy (non-hydrogen) atoms. The van der Waals surface area contributed by atoms with Gasteiger partial charge in [0.1, 0.15) is 0 Å². The van der Waals surface area contributed by atoms with E-state index in [1.54, 1.807) is 13.1 Å². The molecule has 0 bridgehead atoms. The minimum atomic E-state index is -0.429. The number of carbonyl (C=O) groups is 1. The molecule has 1 aromatic rings. The maximum atomic E-state index is 12.4. The number of aromatic nitrogens is 1. The maximum absolute atomic E-state index is 12.4. The van der Waals surface area contributed by atoms with Crippen molar-refractivity contribution in [3.63, 3.8) is 0 Å². The van der Waals surface area contributed by atoms with Gasteiger partial charge in [-0.3, -0.25) is 9.69 Å². The van der Waals surface area contributed by atoms with E-state index < -0.39 is 6.10 Å². The number of nitrogens with zero attached hydrogens (tertiary/aromatic N) is 2. The molecule has 0 N–H and O–H groups in total. The lowest BCUT2D eigenvalue weighted by atomic mass is 9.88. The summed E-state index contributed by atoms with van der Waals surface area (Å²) in [5.41, 5.74) is 0. The summed E-state index contributed by atoms with van der Waals surface area (Å²) in [5, 5.41) is 0. The van der Waals surface area contributed by atoms with E-state index in [-0.39, 0.29) is 5.91 Å². The first-order valence-electron chi connectivity index (χ1n) is 7.28. The Hall–Kier alpha value is -1.10. The topological polar surface area (TPSA) is 42.4 Å². The summed E-state index contributed by atoms with van der Waals surface area (Å²) in [7, 11) is 0. The van der Waals surface area contributed by atoms with Crippen LogP contribution in [-0.4, -0.2) is 23.5 Å². The van der Waals surface area contributed by atoms with Crippen molar-refractivity contribution in [1.82, 2.24) is 4.98 Å². The highest BCUT2D eigenvalue weighted by molar-refractivity contribution is 9.10. The van der Waals surface area contributed by atoms with Gasteiger partial charge in [-0.05, 0) is 47.7 Å². The number of halogens is 1. The minimum absolute atomic E-state index is 0.0258. The van der Waals surface area contributed by atoms with E-state index in [2.05, 4.69) is 20.9 Å². The highest BCUT2D eigenvalue weighted by Gasteiger charge is 2.34. The first-order chi connectivity index (χ1) is 9.65. The lowest BCUT2D eigenvalue weighted by molar-refractivity contribution is -0.125. The Kier molecular flexibility index (Phi) is 3.96. The fourth-order valence-electron chi connectivity index (χ4n) is 3.07. The Morgan fingerprint density at radius 3 is 2.90 bits per heavy atom. The number of carbonyl (C=O) groups excluding carboxylic acids is 1. The van der Waals surface area contributed by atoms with Gasteiger partial charge in [0, 0.05) is 17.2 Å². The van der Waals surface area contributed by atoms with Gasteiger partial charge in [-0.1, -0.05) is 19.3 Å². The van der Waals surface area contributed by atoms with E-state index in [1.807, 2.05) is 11.0 Å². The molecule has 3 rings (SSSR count). The Morgan fingerprint density at radius 1 is 1.40 bits per heavy atom. The van der Waals surface area contributed by atoms with Gasteiger partial charge < -0.3 is 4.74 Å². The van der Waals surface area contributed by atoms with Crippen LogP contribution >= 0.6 is 15.9 Å². The first kappa shape index (κ1) is 13.9. The second-order valence-electron chi connectivity index (χ2n) is 5.69. The summed E-state index contributed by atoms with van der Waals surface area (Å²) in [6, 6.07) is 1.89. The molecule has 1 atom stereocenters. The van der Waals surface area contributed by atoms with Gasteiger partial charge >= 0.3 is 0 Å². The molecule has 0 spiro atoms. The molecule has 1 aliphatic carbocycles. The van der Waals surface area contributed by atoms with Crippen molar-refractivity contribution in [2.24, 2.45) is 5.92 Å². The minimum Gasteiger partial charge on any atom is -0.477 e. The molecule has 2 aliphatic rings. The number of hydrogen-bond donors (Lipinski definition) is 0. The van der Waals surface area contributed by atoms with Crippen molar-refractivity contribution < 1.29 is 9.53 Å². The third kappa shape index (κ3) is 2.68. The summed E-state index contributed by atoms with van der Waals surface area (Å²) in [6.45, 7) is 2.58. The molecule has 2 heterocycles. The molecule has 0 aromatic carbocycles. The SMILES string of the molecule is CC1Oc2cc(Br)cnc2N(CC2CCCCC2)C1=O. The highest BCUT2D eigenvalue weighted by Crippen LogP contribution is 2.36. The van der Waals surface area contributed by atoms with Gasteiger partial charge in [0.2, 0.25) is 0 Å². The van der Waals surface area contributed by atoms with Gasteiger partial charge in [0.05, 0.1) is 0 Å². The zero-order valence-electron chi connectivity index (χ0n) is 11.6. The highest BCUT2D eigenvalue weighted by atomic mass is 79.9. The molecular weight excluding hydrogens is 320 g/mol. The second-order valence-corrected chi connectivity index (χ2v) is 6.60. The van der Waals surface area contributed by atoms with Crippen LogP contribution in [0.4, 0.5) is 5.82 Å². The summed E-state index contributed by atoms with van der Waals surface area (Å²) in [5.74, 6) is 1.98. The van der Waals surface area contributed by atoms with Crippen LogP contribution < -0.4 is 9.64 Å². The van der Waals surface area contributed by atoms with Gasteiger partial charge in [-0.2, -0.15) is 0 Å². The average Bonchev–Trinajstić information content (AvgIpc) is 2.45. The van der Waals surface area contributed by atoms with Crippen molar-refractivity contribution in [3.8, 4) is 5.75 Å². The molecule has 1 aromatic heterocycles. The van der Waals surface area contributed by atoms with Crippen molar-refractivity contribution in [2.75, 3.05) is 11.4 Å². The van der Waals surface area contributed by atoms with Gasteiger partial charge in [0.25, 0.3) is 5.91 Å². The summed E-state index contributed by atoms with van der Waals surface area (Å²) < 4.78 is 6.53. The number of amides is 1. The van der Waals surface area contributed by atoms with Crippen LogP contribution in [0.25, 0.3) is 0 Å². The third-order valence-corrected chi connectivity index (χ3v) is 4.57. The van der Waals surface area contributed by atoms with E-state index in [9.17, 15) is 4.79 Å². The van der Waals surface area contributed by atoms with Gasteiger partial charge in [0.15, 0.2) is 17.7 Å². The van der Waals surface area contributed by atoms with Crippen LogP contribution in [-0.2, 0) is 4.79 Å². The van der Waals surface area contributed by atoms with Crippen LogP contribution in [0.2, 0.25) is 0 Å². The Labute approximate surface area is 127 Å². The predicted octanol–water partition coefficient (Wildman–Crippen LogP) is 3.54. The summed E-state index contributed by atoms with van der Waals surface area (Å²) >= 11 is 3.40. The monoisotopic (exact) mass is 338 g/mol. The van der Waals surface area contributed by atoms with Crippen molar-refractivity contribution >= 4 is 27.7 Å². The molecule has 4 nitrogen and oxygen atoms in total. The Balaban J connectivity index is 1.86. The number of hydrogen-bond acceptors (Lipinski definition) is 3. The van der Waals surface area contributed by atoms with Crippen LogP contribution in [0.1, 0.15) is 39.0 Å². The molecule has 1 saturated carbocycles. The fraction of sp³-hybridized carbons (Fsp3) is 0.600. The maximum Gasteiger partial charge on any atom is 0.269 e. The van der Waals surface area contributed by atoms with E-state index >= 15 is 0 Å². The van der Waals surface area contributed by atoms with Crippen LogP contribution in [0, 0.1) is 5.92 Å². The molecule has 1 aliphatic heterocycles. The quantitative estimate of drug-likeness (QED) is 0.828. The number of rotatable bonds is 2. The van der Waals surface area contributed by atoms with E-state index in [4.69, 9.17) is 4.74 Å². The van der Waals surface area contributed by atoms with Gasteiger partial charge in [-0.25, -0.2) is 4.98 Å². The molecule has 0 radical (unpaired) electrons. The number of ether oxygens (including phenoxy) is 1. The zero-order chi connectivity index (χ0) is 14.1. The molecular formula is C15H19BrN2O2. The lowest BCUT2D eigenvalue weighted by Crippen LogP contribution is -2.47. The lowest BCUT2D eigenvalue weighted by Gasteiger charge is -2.35. The standard InChI is InChI=1S/C15H19BrN2O2/c1-10-15(19)18(9-11-5-3-2-4-6-11)14-13(20-10)7-12(16)8-17-14/h7-8,10-11H,2-6,9H2,1H3. The predicted molar refractivity (Wildman–Crippen MR) is 81.0 cm³/mol. The zero-order valence-corrected chi connectivity index (χ0v) is 13.2. The van der Waals surface area contributed by atoms with E-state index in [0.717, 1.165) is 11.0 Å². The molecule has 1 fully saturated rings. The number of pyridine rings is 1. The molecule has 108 valence electrons. The van der Waals surface area contributed by atoms with Crippen LogP contribution in [0.3, 0.4) is 0 Å². The first-order valence-corrected chi connectivity index (χ1v) is 8.08. The summed E-state index contributed by atoms with van der Waals surface area (Å²) in [6.07, 6.45) is 7.60. The molecule has 1 unspecified atom stereocenters.